The number of cyclic esters (lactones) is 1. The van der Waals surface area contributed by atoms with Crippen molar-refractivity contribution >= 4 is 13.8 Å². The first-order valence-electron chi connectivity index (χ1n) is 12.0. The molecule has 0 radical (unpaired) electrons. The molecule has 2 heterocycles. The molecule has 8 heteroatoms. The summed E-state index contributed by atoms with van der Waals surface area (Å²) >= 11 is 0. The molecule has 0 aromatic rings. The van der Waals surface area contributed by atoms with Crippen molar-refractivity contribution in [2.45, 2.75) is 97.5 Å². The van der Waals surface area contributed by atoms with E-state index in [4.69, 9.17) is 18.3 Å². The van der Waals surface area contributed by atoms with Crippen molar-refractivity contribution in [1.82, 2.24) is 0 Å². The number of rotatable bonds is 15. The Balaban J connectivity index is 1.46. The molecule has 0 aliphatic carbocycles. The van der Waals surface area contributed by atoms with Gasteiger partial charge in [-0.1, -0.05) is 65.2 Å². The van der Waals surface area contributed by atoms with Crippen molar-refractivity contribution < 1.29 is 32.8 Å². The molecule has 0 aromatic carbocycles. The maximum atomic E-state index is 12.7. The average molecular weight is 461 g/mol. The quantitative estimate of drug-likeness (QED) is 0.184. The van der Waals surface area contributed by atoms with Gasteiger partial charge >= 0.3 is 13.8 Å². The SMILES string of the molecule is CC1=C2C(=O)OC[C@@H]2CO[P@@](=O)(OCCCCCCCCCCC[C@H](O)CC(C)C)O1. The lowest BCUT2D eigenvalue weighted by Gasteiger charge is -2.17. The third kappa shape index (κ3) is 9.65. The molecule has 1 N–H and O–H groups in total. The summed E-state index contributed by atoms with van der Waals surface area (Å²) in [7, 11) is -3.67. The van der Waals surface area contributed by atoms with Crippen LogP contribution < -0.4 is 0 Å². The van der Waals surface area contributed by atoms with Gasteiger partial charge < -0.3 is 14.4 Å². The molecule has 2 rings (SSSR count). The van der Waals surface area contributed by atoms with Gasteiger partial charge in [0.1, 0.15) is 12.4 Å². The molecule has 2 aliphatic rings. The van der Waals surface area contributed by atoms with Gasteiger partial charge in [-0.3, -0.25) is 9.05 Å². The van der Waals surface area contributed by atoms with E-state index < -0.39 is 13.8 Å². The highest BCUT2D eigenvalue weighted by molar-refractivity contribution is 7.48. The lowest BCUT2D eigenvalue weighted by molar-refractivity contribution is -0.135. The lowest BCUT2D eigenvalue weighted by atomic mass is 10.00. The number of esters is 1. The molecule has 0 amide bonds. The van der Waals surface area contributed by atoms with E-state index in [1.807, 2.05) is 0 Å². The number of fused-ring (bicyclic) bond motifs is 1. The summed E-state index contributed by atoms with van der Waals surface area (Å²) in [5, 5.41) is 9.87. The van der Waals surface area contributed by atoms with Crippen molar-refractivity contribution in [3.63, 3.8) is 0 Å². The number of phosphoric acid groups is 1. The number of aliphatic hydroxyl groups excluding tert-OH is 1. The van der Waals surface area contributed by atoms with E-state index in [1.54, 1.807) is 6.92 Å². The van der Waals surface area contributed by atoms with Crippen LogP contribution in [-0.2, 0) is 27.7 Å². The number of aliphatic hydroxyl groups is 1. The normalized spacial score (nSPS) is 24.7. The fraction of sp³-hybridized carbons (Fsp3) is 0.870. The van der Waals surface area contributed by atoms with Crippen LogP contribution >= 0.6 is 7.82 Å². The third-order valence-corrected chi connectivity index (χ3v) is 7.24. The Bertz CT molecular complexity index is 631. The predicted molar refractivity (Wildman–Crippen MR) is 119 cm³/mol. The molecule has 0 unspecified atom stereocenters. The highest BCUT2D eigenvalue weighted by Crippen LogP contribution is 2.54. The van der Waals surface area contributed by atoms with Gasteiger partial charge in [0.15, 0.2) is 0 Å². The summed E-state index contributed by atoms with van der Waals surface area (Å²) in [6, 6.07) is 0. The van der Waals surface area contributed by atoms with Crippen molar-refractivity contribution in [3.8, 4) is 0 Å². The minimum atomic E-state index is -3.67. The Kier molecular flexibility index (Phi) is 11.6. The number of allylic oxidation sites excluding steroid dienone is 1. The zero-order valence-corrected chi connectivity index (χ0v) is 20.4. The molecular weight excluding hydrogens is 419 g/mol. The number of phosphoric ester groups is 1. The zero-order valence-electron chi connectivity index (χ0n) is 19.5. The van der Waals surface area contributed by atoms with Crippen molar-refractivity contribution in [2.75, 3.05) is 19.8 Å². The van der Waals surface area contributed by atoms with Crippen LogP contribution in [0.4, 0.5) is 0 Å². The van der Waals surface area contributed by atoms with Crippen LogP contribution in [0.1, 0.15) is 91.4 Å². The zero-order chi connectivity index (χ0) is 22.7. The van der Waals surface area contributed by atoms with Crippen LogP contribution in [0.15, 0.2) is 11.3 Å². The van der Waals surface area contributed by atoms with Gasteiger partial charge in [0.05, 0.1) is 30.8 Å². The number of ether oxygens (including phenoxy) is 1. The molecule has 0 saturated carbocycles. The maximum Gasteiger partial charge on any atom is 0.529 e. The number of carbonyl (C=O) groups is 1. The molecule has 180 valence electrons. The van der Waals surface area contributed by atoms with E-state index in [2.05, 4.69) is 13.8 Å². The second-order valence-corrected chi connectivity index (χ2v) is 10.8. The molecule has 31 heavy (non-hydrogen) atoms. The lowest BCUT2D eigenvalue weighted by Crippen LogP contribution is -2.10. The summed E-state index contributed by atoms with van der Waals surface area (Å²) < 4.78 is 33.9. The van der Waals surface area contributed by atoms with Crippen LogP contribution in [0, 0.1) is 11.8 Å². The van der Waals surface area contributed by atoms with E-state index >= 15 is 0 Å². The van der Waals surface area contributed by atoms with Gasteiger partial charge in [0.2, 0.25) is 0 Å². The van der Waals surface area contributed by atoms with Crippen LogP contribution in [0.25, 0.3) is 0 Å². The monoisotopic (exact) mass is 460 g/mol. The number of hydrogen-bond donors (Lipinski definition) is 1. The first kappa shape index (κ1) is 26.4. The van der Waals surface area contributed by atoms with E-state index in [1.165, 1.54) is 32.1 Å². The Labute approximate surface area is 187 Å². The number of hydrogen-bond acceptors (Lipinski definition) is 7. The molecule has 0 spiro atoms. The van der Waals surface area contributed by atoms with Gasteiger partial charge in [-0.05, 0) is 32.1 Å². The highest BCUT2D eigenvalue weighted by atomic mass is 31.2. The van der Waals surface area contributed by atoms with E-state index in [0.29, 0.717) is 18.1 Å². The summed E-state index contributed by atoms with van der Waals surface area (Å²) in [6.45, 7) is 6.55. The highest BCUT2D eigenvalue weighted by Gasteiger charge is 2.42. The molecule has 3 atom stereocenters. The largest absolute Gasteiger partial charge is 0.529 e. The van der Waals surface area contributed by atoms with Gasteiger partial charge in [-0.2, -0.15) is 0 Å². The van der Waals surface area contributed by atoms with Crippen LogP contribution in [-0.4, -0.2) is 37.0 Å². The number of carbonyl (C=O) groups excluding carboxylic acids is 1. The summed E-state index contributed by atoms with van der Waals surface area (Å²) in [5.41, 5.74) is 0.410. The molecule has 1 fully saturated rings. The Morgan fingerprint density at radius 2 is 1.65 bits per heavy atom. The van der Waals surface area contributed by atoms with Crippen LogP contribution in [0.3, 0.4) is 0 Å². The Hall–Kier alpha value is -0.880. The molecule has 1 saturated heterocycles. The van der Waals surface area contributed by atoms with Gasteiger partial charge in [-0.15, -0.1) is 0 Å². The predicted octanol–water partition coefficient (Wildman–Crippen LogP) is 5.91. The first-order chi connectivity index (χ1) is 14.8. The second kappa shape index (κ2) is 13.6. The van der Waals surface area contributed by atoms with Crippen molar-refractivity contribution in [2.24, 2.45) is 11.8 Å². The summed E-state index contributed by atoms with van der Waals surface area (Å²) in [4.78, 5) is 11.7. The van der Waals surface area contributed by atoms with Crippen LogP contribution in [0.5, 0.6) is 0 Å². The van der Waals surface area contributed by atoms with Crippen LogP contribution in [0.2, 0.25) is 0 Å². The molecular formula is C23H41O7P. The maximum absolute atomic E-state index is 12.7. The smallest absolute Gasteiger partial charge is 0.461 e. The summed E-state index contributed by atoms with van der Waals surface area (Å²) in [6.07, 6.45) is 11.8. The van der Waals surface area contributed by atoms with Gasteiger partial charge in [0.25, 0.3) is 0 Å². The molecule has 0 aromatic heterocycles. The fourth-order valence-electron chi connectivity index (χ4n) is 4.11. The van der Waals surface area contributed by atoms with Gasteiger partial charge in [0, 0.05) is 0 Å². The molecule has 0 bridgehead atoms. The third-order valence-electron chi connectivity index (χ3n) is 5.78. The van der Waals surface area contributed by atoms with Crippen molar-refractivity contribution in [3.05, 3.63) is 11.3 Å². The standard InChI is InChI=1S/C23H41O7P/c1-18(2)15-21(24)13-11-9-7-5-4-6-8-10-12-14-28-31(26)29-17-20-16-27-23(25)22(20)19(3)30-31/h18,20-21,24H,4-17H2,1-3H3/t20-,21+,31-/m1/s1. The van der Waals surface area contributed by atoms with E-state index in [0.717, 1.165) is 38.5 Å². The average Bonchev–Trinajstić information content (AvgIpc) is 3.01. The fourth-order valence-corrected chi connectivity index (χ4v) is 5.44. The Morgan fingerprint density at radius 1 is 1.03 bits per heavy atom. The number of unbranched alkanes of at least 4 members (excludes halogenated alkanes) is 8. The summed E-state index contributed by atoms with van der Waals surface area (Å²) in [5.74, 6) is 0.179. The molecule has 2 aliphatic heterocycles. The van der Waals surface area contributed by atoms with E-state index in [9.17, 15) is 14.5 Å². The van der Waals surface area contributed by atoms with Crippen molar-refractivity contribution in [1.29, 1.82) is 0 Å². The first-order valence-corrected chi connectivity index (χ1v) is 13.4. The van der Waals surface area contributed by atoms with Gasteiger partial charge in [-0.25, -0.2) is 9.36 Å². The Morgan fingerprint density at radius 3 is 2.29 bits per heavy atom. The minimum Gasteiger partial charge on any atom is -0.461 e. The minimum absolute atomic E-state index is 0.104. The van der Waals surface area contributed by atoms with E-state index in [-0.39, 0.29) is 31.0 Å². The second-order valence-electron chi connectivity index (χ2n) is 9.19. The molecule has 7 nitrogen and oxygen atoms in total. The topological polar surface area (TPSA) is 91.3 Å².